The summed E-state index contributed by atoms with van der Waals surface area (Å²) in [6.07, 6.45) is 12.3. The second-order valence-electron chi connectivity index (χ2n) is 15.6. The molecule has 0 aromatic carbocycles. The molecule has 1 N–H and O–H groups in total. The van der Waals surface area contributed by atoms with Gasteiger partial charge in [0.15, 0.2) is 5.78 Å². The summed E-state index contributed by atoms with van der Waals surface area (Å²) in [7, 11) is 0. The maximum Gasteiger partial charge on any atom is 0.229 e. The van der Waals surface area contributed by atoms with Gasteiger partial charge >= 0.3 is 0 Å². The first-order chi connectivity index (χ1) is 22.6. The Morgan fingerprint density at radius 2 is 1.64 bits per heavy atom. The summed E-state index contributed by atoms with van der Waals surface area (Å²) in [5.74, 6) is 4.28. The van der Waals surface area contributed by atoms with Crippen LogP contribution in [0.2, 0.25) is 0 Å². The number of hydrogen-bond donors (Lipinski definition) is 1. The molecule has 9 nitrogen and oxygen atoms in total. The third-order valence-corrected chi connectivity index (χ3v) is 13.3. The first-order valence-corrected chi connectivity index (χ1v) is 18.7. The fraction of sp³-hybridized carbons (Fsp3) is 0.737. The molecule has 9 heteroatoms. The van der Waals surface area contributed by atoms with Crippen molar-refractivity contribution < 1.29 is 14.7 Å². The van der Waals surface area contributed by atoms with Gasteiger partial charge in [-0.1, -0.05) is 24.1 Å². The number of hydrogen-bond acceptors (Lipinski definition) is 9. The first kappa shape index (κ1) is 32.8. The van der Waals surface area contributed by atoms with E-state index < -0.39 is 11.5 Å². The van der Waals surface area contributed by atoms with Crippen molar-refractivity contribution in [2.45, 2.75) is 91.6 Å². The van der Waals surface area contributed by atoms with Crippen molar-refractivity contribution in [2.75, 3.05) is 73.6 Å². The van der Waals surface area contributed by atoms with E-state index in [4.69, 9.17) is 9.97 Å². The van der Waals surface area contributed by atoms with Crippen LogP contribution in [-0.4, -0.2) is 96.5 Å². The average molecular weight is 645 g/mol. The van der Waals surface area contributed by atoms with Crippen molar-refractivity contribution in [3.63, 3.8) is 0 Å². The van der Waals surface area contributed by atoms with E-state index in [0.29, 0.717) is 24.2 Å². The summed E-state index contributed by atoms with van der Waals surface area (Å²) >= 11 is 0. The fourth-order valence-corrected chi connectivity index (χ4v) is 10.4. The van der Waals surface area contributed by atoms with Crippen molar-refractivity contribution in [3.8, 4) is 0 Å². The van der Waals surface area contributed by atoms with Gasteiger partial charge in [-0.05, 0) is 95.5 Å². The lowest BCUT2D eigenvalue weighted by atomic mass is 9.50. The normalized spacial score (nSPS) is 34.3. The molecule has 0 bridgehead atoms. The first-order valence-electron chi connectivity index (χ1n) is 18.7. The van der Waals surface area contributed by atoms with Crippen LogP contribution in [0.4, 0.5) is 17.6 Å². The highest BCUT2D eigenvalue weighted by Crippen LogP contribution is 2.64. The molecule has 4 aliphatic carbocycles. The lowest BCUT2D eigenvalue weighted by Crippen LogP contribution is -2.51. The zero-order valence-electron chi connectivity index (χ0n) is 29.2. The van der Waals surface area contributed by atoms with E-state index in [-0.39, 0.29) is 23.5 Å². The Kier molecular flexibility index (Phi) is 9.00. The lowest BCUT2D eigenvalue weighted by Gasteiger charge is -2.54. The Balaban J connectivity index is 1.02. The van der Waals surface area contributed by atoms with Gasteiger partial charge in [-0.3, -0.25) is 14.5 Å². The van der Waals surface area contributed by atoms with Crippen LogP contribution >= 0.6 is 0 Å². The quantitative estimate of drug-likeness (QED) is 0.391. The van der Waals surface area contributed by atoms with Crippen LogP contribution in [-0.2, 0) is 9.59 Å². The number of nitrogens with zero attached hydrogens (tertiary/aromatic N) is 6. The van der Waals surface area contributed by atoms with Gasteiger partial charge < -0.3 is 19.8 Å². The Morgan fingerprint density at radius 1 is 0.957 bits per heavy atom. The van der Waals surface area contributed by atoms with Crippen LogP contribution in [0.25, 0.3) is 0 Å². The molecule has 2 saturated carbocycles. The maximum absolute atomic E-state index is 14.1. The number of aliphatic hydroxyl groups excluding tert-OH is 1. The molecule has 6 aliphatic rings. The number of rotatable bonds is 8. The molecule has 0 radical (unpaired) electrons. The molecule has 6 atom stereocenters. The Morgan fingerprint density at radius 3 is 2.32 bits per heavy atom. The van der Waals surface area contributed by atoms with Gasteiger partial charge in [-0.25, -0.2) is 0 Å². The zero-order valence-corrected chi connectivity index (χ0v) is 29.2. The molecule has 4 fully saturated rings. The van der Waals surface area contributed by atoms with Crippen molar-refractivity contribution in [3.05, 3.63) is 29.4 Å². The van der Waals surface area contributed by atoms with E-state index in [9.17, 15) is 14.7 Å². The summed E-state index contributed by atoms with van der Waals surface area (Å²) in [5, 5.41) is 11.1. The fourth-order valence-electron chi connectivity index (χ4n) is 10.4. The third kappa shape index (κ3) is 5.73. The predicted octanol–water partition coefficient (Wildman–Crippen LogP) is 5.04. The number of allylic oxidation sites excluding steroid dienone is 2. The number of aliphatic hydroxyl groups is 1. The van der Waals surface area contributed by atoms with Gasteiger partial charge in [-0.15, -0.1) is 0 Å². The Labute approximate surface area is 281 Å². The number of ketones is 2. The topological polar surface area (TPSA) is 93.1 Å². The number of aromatic nitrogens is 2. The van der Waals surface area contributed by atoms with Crippen LogP contribution < -0.4 is 14.7 Å². The molecule has 1 aromatic heterocycles. The summed E-state index contributed by atoms with van der Waals surface area (Å²) in [4.78, 5) is 45.8. The summed E-state index contributed by atoms with van der Waals surface area (Å²) in [5.41, 5.74) is 2.00. The second kappa shape index (κ2) is 12.9. The molecule has 47 heavy (non-hydrogen) atoms. The summed E-state index contributed by atoms with van der Waals surface area (Å²) in [6, 6.07) is 2.19. The minimum Gasteiger partial charge on any atom is -0.391 e. The molecule has 1 aromatic rings. The van der Waals surface area contributed by atoms with Gasteiger partial charge in [0, 0.05) is 76.2 Å². The maximum atomic E-state index is 14.1. The molecule has 256 valence electrons. The molecule has 1 unspecified atom stereocenters. The Bertz CT molecular complexity index is 1420. The second-order valence-corrected chi connectivity index (χ2v) is 15.6. The zero-order chi connectivity index (χ0) is 32.9. The third-order valence-electron chi connectivity index (χ3n) is 13.3. The highest BCUT2D eigenvalue weighted by Gasteiger charge is 2.58. The van der Waals surface area contributed by atoms with E-state index in [1.807, 2.05) is 6.08 Å². The van der Waals surface area contributed by atoms with Crippen LogP contribution in [0.3, 0.4) is 0 Å². The highest BCUT2D eigenvalue weighted by molar-refractivity contribution is 5.92. The highest BCUT2D eigenvalue weighted by atomic mass is 16.3. The standard InChI is InChI=1S/C38H56N6O3/c1-5-42(6-2)36-39-34(43-16-8-7-9-17-43)24-35(40-36)44-20-18-41(19-21-44)25-32(46)31-13-12-29-28-11-10-26-22-27(45)23-33(47)38(26,4)30(28)14-15-37(29,31)3/h14,22,24,28-29,31,33,47H,5-13,15-21,23,25H2,1-4H3/t28-,29-,31+,33?,37-,38-/m0/s1. The summed E-state index contributed by atoms with van der Waals surface area (Å²) < 4.78 is 0. The number of fused-ring (bicyclic) bond motifs is 5. The average Bonchev–Trinajstić information content (AvgIpc) is 3.44. The molecule has 3 heterocycles. The monoisotopic (exact) mass is 644 g/mol. The predicted molar refractivity (Wildman–Crippen MR) is 187 cm³/mol. The van der Waals surface area contributed by atoms with E-state index in [1.165, 1.54) is 24.8 Å². The minimum atomic E-state index is -0.645. The Hall–Kier alpha value is -2.78. The van der Waals surface area contributed by atoms with Gasteiger partial charge in [-0.2, -0.15) is 9.97 Å². The molecule has 0 spiro atoms. The number of piperidine rings is 1. The lowest BCUT2D eigenvalue weighted by molar-refractivity contribution is -0.128. The van der Waals surface area contributed by atoms with Crippen molar-refractivity contribution >= 4 is 29.2 Å². The number of piperazine rings is 1. The van der Waals surface area contributed by atoms with Crippen LogP contribution in [0, 0.1) is 28.6 Å². The molecule has 2 aliphatic heterocycles. The van der Waals surface area contributed by atoms with E-state index in [0.717, 1.165) is 108 Å². The van der Waals surface area contributed by atoms with Crippen LogP contribution in [0.1, 0.15) is 85.5 Å². The smallest absolute Gasteiger partial charge is 0.229 e. The molecule has 7 rings (SSSR count). The van der Waals surface area contributed by atoms with Gasteiger partial charge in [0.1, 0.15) is 17.4 Å². The van der Waals surface area contributed by atoms with E-state index >= 15 is 0 Å². The number of carbonyl (C=O) groups excluding carboxylic acids is 2. The molecular weight excluding hydrogens is 588 g/mol. The van der Waals surface area contributed by atoms with Gasteiger partial charge in [0.2, 0.25) is 5.95 Å². The molecular formula is C38H56N6O3. The van der Waals surface area contributed by atoms with Gasteiger partial charge in [0.25, 0.3) is 0 Å². The SMILES string of the molecule is CCN(CC)c1nc(N2CCCCC2)cc(N2CCN(CC(=O)[C@H]3CC[C@H]4[C@@H]5CCC6=CC(=O)CC(O)[C@]6(C)C5=CC[C@]34C)CC2)n1. The van der Waals surface area contributed by atoms with Crippen LogP contribution in [0.15, 0.2) is 29.4 Å². The van der Waals surface area contributed by atoms with E-state index in [2.05, 4.69) is 59.4 Å². The number of anilines is 3. The van der Waals surface area contributed by atoms with Gasteiger partial charge in [0.05, 0.1) is 12.6 Å². The van der Waals surface area contributed by atoms with Crippen LogP contribution in [0.5, 0.6) is 0 Å². The number of Topliss-reactive ketones (excluding diaryl/α,β-unsaturated/α-hetero) is 1. The van der Waals surface area contributed by atoms with Crippen molar-refractivity contribution in [2.24, 2.45) is 28.6 Å². The minimum absolute atomic E-state index is 0.0350. The largest absolute Gasteiger partial charge is 0.391 e. The molecule has 0 amide bonds. The summed E-state index contributed by atoms with van der Waals surface area (Å²) in [6.45, 7) is 16.7. The van der Waals surface area contributed by atoms with Crippen molar-refractivity contribution in [1.29, 1.82) is 0 Å². The molecule has 2 saturated heterocycles. The van der Waals surface area contributed by atoms with E-state index in [1.54, 1.807) is 0 Å². The van der Waals surface area contributed by atoms with Crippen molar-refractivity contribution in [1.82, 2.24) is 14.9 Å². The number of carbonyl (C=O) groups is 2.